The molecule has 3 unspecified atom stereocenters. The summed E-state index contributed by atoms with van der Waals surface area (Å²) in [6, 6.07) is 19.1. The number of methoxy groups -OCH3 is 1. The Balaban J connectivity index is 0.815. The summed E-state index contributed by atoms with van der Waals surface area (Å²) >= 11 is 6.67. The summed E-state index contributed by atoms with van der Waals surface area (Å²) in [4.78, 5) is 68.0. The maximum atomic E-state index is 16.2. The molecule has 0 radical (unpaired) electrons. The zero-order valence-corrected chi connectivity index (χ0v) is 38.8. The van der Waals surface area contributed by atoms with E-state index in [9.17, 15) is 24.0 Å². The molecule has 356 valence electrons. The number of carbonyl (C=O) groups excluding carboxylic acids is 5. The maximum Gasteiger partial charge on any atom is 0.249 e. The van der Waals surface area contributed by atoms with Gasteiger partial charge in [-0.05, 0) is 55.9 Å². The topological polar surface area (TPSA) is 190 Å². The number of piperidine rings is 1. The number of piperazine rings is 1. The second-order valence-electron chi connectivity index (χ2n) is 18.1. The molecular formula is C50H53ClF2N8O7. The zero-order valence-electron chi connectivity index (χ0n) is 38.0. The highest BCUT2D eigenvalue weighted by Crippen LogP contribution is 2.56. The SMILES string of the molecule is COc1ccc(C(N)=O)c(-c2c(Cl)c(F)cc3c2C(C)C(CNC2CCC(C(=O)NCC(=O)N4CCN(c5cccc6c(C7CCC(=O)NC7=O)nn(C)c56)CC4)CC2)(c2ccccc2)O3)c1F. The summed E-state index contributed by atoms with van der Waals surface area (Å²) in [5, 5.41) is 14.2. The largest absolute Gasteiger partial charge is 0.494 e. The monoisotopic (exact) mass is 950 g/mol. The second-order valence-corrected chi connectivity index (χ2v) is 18.5. The Morgan fingerprint density at radius 1 is 0.971 bits per heavy atom. The number of ether oxygens (including phenoxy) is 2. The number of hydrogen-bond donors (Lipinski definition) is 4. The van der Waals surface area contributed by atoms with Gasteiger partial charge in [-0.1, -0.05) is 61.0 Å². The van der Waals surface area contributed by atoms with E-state index in [0.717, 1.165) is 22.2 Å². The Kier molecular flexibility index (Phi) is 12.9. The number of para-hydroxylation sites is 1. The molecule has 0 spiro atoms. The van der Waals surface area contributed by atoms with Crippen LogP contribution in [0.2, 0.25) is 5.02 Å². The molecule has 5 aromatic rings. The van der Waals surface area contributed by atoms with Crippen LogP contribution >= 0.6 is 11.6 Å². The Labute approximate surface area is 396 Å². The summed E-state index contributed by atoms with van der Waals surface area (Å²) in [6.07, 6.45) is 3.18. The molecule has 1 aromatic heterocycles. The number of primary amides is 1. The molecule has 3 fully saturated rings. The highest BCUT2D eigenvalue weighted by molar-refractivity contribution is 6.34. The lowest BCUT2D eigenvalue weighted by Gasteiger charge is -2.37. The van der Waals surface area contributed by atoms with Crippen molar-refractivity contribution in [2.45, 2.75) is 68.9 Å². The second kappa shape index (κ2) is 18.8. The lowest BCUT2D eigenvalue weighted by atomic mass is 9.77. The Morgan fingerprint density at radius 2 is 1.71 bits per heavy atom. The third-order valence-corrected chi connectivity index (χ3v) is 14.7. The Bertz CT molecular complexity index is 2830. The molecule has 4 aromatic carbocycles. The van der Waals surface area contributed by atoms with Crippen LogP contribution in [0.3, 0.4) is 0 Å². The number of amides is 5. The number of fused-ring (bicyclic) bond motifs is 2. The van der Waals surface area contributed by atoms with Gasteiger partial charge >= 0.3 is 0 Å². The van der Waals surface area contributed by atoms with Gasteiger partial charge in [-0.15, -0.1) is 0 Å². The van der Waals surface area contributed by atoms with Crippen molar-refractivity contribution in [3.63, 3.8) is 0 Å². The number of carbonyl (C=O) groups is 5. The molecule has 15 nitrogen and oxygen atoms in total. The number of nitrogens with zero attached hydrogens (tertiary/aromatic N) is 4. The fraction of sp³-hybridized carbons (Fsp3) is 0.400. The first kappa shape index (κ1) is 46.5. The van der Waals surface area contributed by atoms with Gasteiger partial charge in [0.05, 0.1) is 47.1 Å². The number of anilines is 1. The molecule has 4 heterocycles. The minimum atomic E-state index is -1.12. The predicted molar refractivity (Wildman–Crippen MR) is 250 cm³/mol. The van der Waals surface area contributed by atoms with Gasteiger partial charge in [0, 0.05) is 92.2 Å². The van der Waals surface area contributed by atoms with Crippen LogP contribution in [-0.2, 0) is 31.8 Å². The minimum Gasteiger partial charge on any atom is -0.494 e. The average Bonchev–Trinajstić information content (AvgIpc) is 3.83. The van der Waals surface area contributed by atoms with E-state index in [0.29, 0.717) is 69.5 Å². The summed E-state index contributed by atoms with van der Waals surface area (Å²) in [6.45, 7) is 4.12. The van der Waals surface area contributed by atoms with Crippen molar-refractivity contribution >= 4 is 57.7 Å². The van der Waals surface area contributed by atoms with E-state index < -0.39 is 35.0 Å². The van der Waals surface area contributed by atoms with Gasteiger partial charge in [0.1, 0.15) is 11.6 Å². The number of benzene rings is 4. The van der Waals surface area contributed by atoms with Crippen molar-refractivity contribution in [1.29, 1.82) is 0 Å². The minimum absolute atomic E-state index is 0.00428. The van der Waals surface area contributed by atoms with Gasteiger partial charge in [0.15, 0.2) is 17.2 Å². The highest BCUT2D eigenvalue weighted by atomic mass is 35.5. The fourth-order valence-electron chi connectivity index (χ4n) is 10.7. The molecule has 1 saturated carbocycles. The molecule has 9 rings (SSSR count). The van der Waals surface area contributed by atoms with Gasteiger partial charge < -0.3 is 35.6 Å². The molecule has 1 aliphatic carbocycles. The van der Waals surface area contributed by atoms with Gasteiger partial charge in [0.25, 0.3) is 0 Å². The molecule has 68 heavy (non-hydrogen) atoms. The van der Waals surface area contributed by atoms with Crippen LogP contribution in [0.25, 0.3) is 22.0 Å². The number of nitrogens with one attached hydrogen (secondary N) is 3. The van der Waals surface area contributed by atoms with Crippen molar-refractivity contribution in [2.75, 3.05) is 51.3 Å². The quantitative estimate of drug-likeness (QED) is 0.111. The van der Waals surface area contributed by atoms with Gasteiger partial charge in [-0.2, -0.15) is 5.10 Å². The number of hydrogen-bond acceptors (Lipinski definition) is 10. The van der Waals surface area contributed by atoms with E-state index >= 15 is 8.78 Å². The summed E-state index contributed by atoms with van der Waals surface area (Å²) < 4.78 is 45.7. The van der Waals surface area contributed by atoms with Crippen molar-refractivity contribution in [3.05, 3.63) is 106 Å². The van der Waals surface area contributed by atoms with Crippen molar-refractivity contribution < 1.29 is 42.2 Å². The number of halogens is 3. The van der Waals surface area contributed by atoms with E-state index in [1.165, 1.54) is 25.3 Å². The van der Waals surface area contributed by atoms with E-state index in [1.807, 2.05) is 62.5 Å². The first-order valence-corrected chi connectivity index (χ1v) is 23.3. The maximum absolute atomic E-state index is 16.2. The number of aromatic nitrogens is 2. The normalized spacial score (nSPS) is 22.7. The molecular weight excluding hydrogens is 898 g/mol. The molecule has 0 bridgehead atoms. The van der Waals surface area contributed by atoms with Crippen LogP contribution in [0, 0.1) is 17.6 Å². The van der Waals surface area contributed by atoms with Crippen molar-refractivity contribution in [3.8, 4) is 22.6 Å². The number of nitrogens with two attached hydrogens (primary N) is 1. The number of rotatable bonds is 12. The van der Waals surface area contributed by atoms with Crippen LogP contribution in [0.15, 0.2) is 66.7 Å². The number of imide groups is 1. The molecule has 3 atom stereocenters. The van der Waals surface area contributed by atoms with Gasteiger partial charge in [-0.25, -0.2) is 8.78 Å². The Hall–Kier alpha value is -6.59. The van der Waals surface area contributed by atoms with Crippen molar-refractivity contribution in [1.82, 2.24) is 30.6 Å². The third kappa shape index (κ3) is 8.39. The molecule has 5 N–H and O–H groups in total. The van der Waals surface area contributed by atoms with Crippen LogP contribution in [0.5, 0.6) is 11.5 Å². The number of aryl methyl sites for hydroxylation is 1. The summed E-state index contributed by atoms with van der Waals surface area (Å²) in [5.41, 5.74) is 7.77. The molecule has 5 amide bonds. The summed E-state index contributed by atoms with van der Waals surface area (Å²) in [7, 11) is 3.12. The van der Waals surface area contributed by atoms with E-state index in [4.69, 9.17) is 31.9 Å². The Morgan fingerprint density at radius 3 is 2.40 bits per heavy atom. The fourth-order valence-corrected chi connectivity index (χ4v) is 10.9. The zero-order chi connectivity index (χ0) is 48.0. The summed E-state index contributed by atoms with van der Waals surface area (Å²) in [5.74, 6) is -4.99. The van der Waals surface area contributed by atoms with E-state index in [-0.39, 0.29) is 88.3 Å². The first-order valence-electron chi connectivity index (χ1n) is 23.0. The molecule has 2 saturated heterocycles. The average molecular weight is 951 g/mol. The smallest absolute Gasteiger partial charge is 0.249 e. The standard InChI is InChI=1S/C50H53ClF2N8O7/c1-27-40-37(24-34(52)43(51)42(40)41-31(47(54)64)16-18-36(67-3)44(41)53)68-50(27,29-8-5-4-6-9-29)26-56-30-14-12-28(13-15-30)48(65)55-25-39(63)61-22-20-60(21-23-61)35-11-7-10-32-45(58-59(2)46(32)35)33-17-19-38(62)57-49(33)66/h4-11,16,18,24,27-28,30,33,56H,12-15,17,19-23,25-26H2,1-3H3,(H2,54,64)(H,55,65)(H,57,62,66). The lowest BCUT2D eigenvalue weighted by molar-refractivity contribution is -0.134. The van der Waals surface area contributed by atoms with Crippen molar-refractivity contribution in [2.24, 2.45) is 18.7 Å². The highest BCUT2D eigenvalue weighted by Gasteiger charge is 2.50. The predicted octanol–water partition coefficient (Wildman–Crippen LogP) is 5.80. The van der Waals surface area contributed by atoms with Gasteiger partial charge in [-0.3, -0.25) is 34.0 Å². The van der Waals surface area contributed by atoms with Crippen LogP contribution < -0.4 is 36.1 Å². The van der Waals surface area contributed by atoms with Gasteiger partial charge in [0.2, 0.25) is 29.5 Å². The third-order valence-electron chi connectivity index (χ3n) is 14.3. The van der Waals surface area contributed by atoms with Crippen LogP contribution in [0.4, 0.5) is 14.5 Å². The van der Waals surface area contributed by atoms with Crippen LogP contribution in [-0.4, -0.2) is 96.6 Å². The molecule has 3 aliphatic heterocycles. The van der Waals surface area contributed by atoms with E-state index in [1.54, 1.807) is 9.58 Å². The van der Waals surface area contributed by atoms with Crippen LogP contribution in [0.1, 0.15) is 84.5 Å². The first-order chi connectivity index (χ1) is 32.7. The molecule has 18 heteroatoms. The van der Waals surface area contributed by atoms with E-state index in [2.05, 4.69) is 20.9 Å². The lowest BCUT2D eigenvalue weighted by Crippen LogP contribution is -2.52. The molecule has 4 aliphatic rings.